The zero-order valence-electron chi connectivity index (χ0n) is 13.1. The van der Waals surface area contributed by atoms with Crippen molar-refractivity contribution in [2.45, 2.75) is 13.0 Å². The second kappa shape index (κ2) is 8.53. The van der Waals surface area contributed by atoms with Crippen LogP contribution in [-0.4, -0.2) is 18.0 Å². The maximum absolute atomic E-state index is 13.5. The Morgan fingerprint density at radius 3 is 2.64 bits per heavy atom. The Morgan fingerprint density at radius 1 is 1.20 bits per heavy atom. The Morgan fingerprint density at radius 2 is 1.96 bits per heavy atom. The number of rotatable bonds is 5. The largest absolute Gasteiger partial charge is 0.449 e. The summed E-state index contributed by atoms with van der Waals surface area (Å²) in [7, 11) is 0. The molecule has 0 aliphatic heterocycles. The van der Waals surface area contributed by atoms with Crippen LogP contribution in [0.15, 0.2) is 53.0 Å². The van der Waals surface area contributed by atoms with Crippen LogP contribution < -0.4 is 5.32 Å². The molecule has 0 unspecified atom stereocenters. The zero-order valence-corrected chi connectivity index (χ0v) is 14.7. The number of hydrogen-bond donors (Lipinski definition) is 1. The molecule has 1 N–H and O–H groups in total. The van der Waals surface area contributed by atoms with Gasteiger partial charge in [0.1, 0.15) is 11.6 Å². The van der Waals surface area contributed by atoms with Gasteiger partial charge in [-0.25, -0.2) is 13.6 Å². The zero-order chi connectivity index (χ0) is 18.4. The fourth-order valence-corrected chi connectivity index (χ4v) is 2.28. The van der Waals surface area contributed by atoms with Crippen molar-refractivity contribution in [2.24, 2.45) is 0 Å². The van der Waals surface area contributed by atoms with Crippen LogP contribution >= 0.6 is 15.9 Å². The minimum atomic E-state index is -1.15. The molecule has 0 fully saturated rings. The lowest BCUT2D eigenvalue weighted by molar-refractivity contribution is -0.148. The number of anilines is 1. The predicted molar refractivity (Wildman–Crippen MR) is 93.7 cm³/mol. The topological polar surface area (TPSA) is 55.4 Å². The molecular formula is C18H14BrF2NO3. The van der Waals surface area contributed by atoms with Crippen LogP contribution in [0.2, 0.25) is 0 Å². The molecule has 25 heavy (non-hydrogen) atoms. The van der Waals surface area contributed by atoms with E-state index in [1.807, 2.05) is 12.1 Å². The Kier molecular flexibility index (Phi) is 6.41. The third-order valence-electron chi connectivity index (χ3n) is 3.11. The number of halogens is 3. The number of carbonyl (C=O) groups is 2. The first kappa shape index (κ1) is 18.8. The van der Waals surface area contributed by atoms with Crippen LogP contribution in [-0.2, 0) is 14.3 Å². The van der Waals surface area contributed by atoms with Gasteiger partial charge in [-0.15, -0.1) is 0 Å². The molecule has 2 rings (SSSR count). The lowest BCUT2D eigenvalue weighted by Crippen LogP contribution is -2.29. The normalized spacial score (nSPS) is 12.0. The van der Waals surface area contributed by atoms with E-state index in [1.165, 1.54) is 19.1 Å². The van der Waals surface area contributed by atoms with Crippen molar-refractivity contribution in [3.05, 3.63) is 70.2 Å². The SMILES string of the molecule is C[C@@H](OC(=O)/C=C/c1cccc(Br)c1)C(=O)Nc1ccc(F)cc1F. The van der Waals surface area contributed by atoms with Gasteiger partial charge < -0.3 is 10.1 Å². The van der Waals surface area contributed by atoms with Gasteiger partial charge in [0.25, 0.3) is 5.91 Å². The van der Waals surface area contributed by atoms with Crippen molar-refractivity contribution in [3.63, 3.8) is 0 Å². The van der Waals surface area contributed by atoms with E-state index in [-0.39, 0.29) is 5.69 Å². The van der Waals surface area contributed by atoms with Gasteiger partial charge in [0, 0.05) is 16.6 Å². The molecule has 0 bridgehead atoms. The molecule has 0 aliphatic carbocycles. The summed E-state index contributed by atoms with van der Waals surface area (Å²) in [6, 6.07) is 9.99. The molecule has 7 heteroatoms. The molecule has 0 saturated carbocycles. The third-order valence-corrected chi connectivity index (χ3v) is 3.60. The molecule has 1 atom stereocenters. The lowest BCUT2D eigenvalue weighted by Gasteiger charge is -2.12. The smallest absolute Gasteiger partial charge is 0.331 e. The van der Waals surface area contributed by atoms with Crippen LogP contribution in [0.1, 0.15) is 12.5 Å². The third kappa shape index (κ3) is 5.79. The highest BCUT2D eigenvalue weighted by molar-refractivity contribution is 9.10. The monoisotopic (exact) mass is 409 g/mol. The molecule has 0 aliphatic rings. The molecular weight excluding hydrogens is 396 g/mol. The van der Waals surface area contributed by atoms with Gasteiger partial charge in [0.05, 0.1) is 5.69 Å². The van der Waals surface area contributed by atoms with Crippen molar-refractivity contribution in [1.82, 2.24) is 0 Å². The summed E-state index contributed by atoms with van der Waals surface area (Å²) >= 11 is 3.31. The number of ether oxygens (including phenoxy) is 1. The fraction of sp³-hybridized carbons (Fsp3) is 0.111. The molecule has 0 radical (unpaired) electrons. The van der Waals surface area contributed by atoms with Gasteiger partial charge in [-0.3, -0.25) is 4.79 Å². The maximum Gasteiger partial charge on any atom is 0.331 e. The number of nitrogens with one attached hydrogen (secondary N) is 1. The van der Waals surface area contributed by atoms with E-state index >= 15 is 0 Å². The van der Waals surface area contributed by atoms with Crippen LogP contribution in [0.3, 0.4) is 0 Å². The quantitative estimate of drug-likeness (QED) is 0.591. The van der Waals surface area contributed by atoms with Gasteiger partial charge in [0.2, 0.25) is 0 Å². The highest BCUT2D eigenvalue weighted by Crippen LogP contribution is 2.16. The number of hydrogen-bond acceptors (Lipinski definition) is 3. The average Bonchev–Trinajstić information content (AvgIpc) is 2.55. The molecule has 0 saturated heterocycles. The van der Waals surface area contributed by atoms with Crippen LogP contribution in [0.5, 0.6) is 0 Å². The number of benzene rings is 2. The molecule has 4 nitrogen and oxygen atoms in total. The van der Waals surface area contributed by atoms with Gasteiger partial charge >= 0.3 is 5.97 Å². The van der Waals surface area contributed by atoms with Crippen molar-refractivity contribution in [3.8, 4) is 0 Å². The van der Waals surface area contributed by atoms with Gasteiger partial charge in [-0.1, -0.05) is 28.1 Å². The van der Waals surface area contributed by atoms with E-state index in [9.17, 15) is 18.4 Å². The summed E-state index contributed by atoms with van der Waals surface area (Å²) in [5.41, 5.74) is 0.579. The number of amides is 1. The Bertz CT molecular complexity index is 824. The number of esters is 1. The van der Waals surface area contributed by atoms with Gasteiger partial charge in [0.15, 0.2) is 6.10 Å². The van der Waals surface area contributed by atoms with Crippen molar-refractivity contribution < 1.29 is 23.1 Å². The van der Waals surface area contributed by atoms with E-state index in [4.69, 9.17) is 4.74 Å². The summed E-state index contributed by atoms with van der Waals surface area (Å²) in [4.78, 5) is 23.7. The van der Waals surface area contributed by atoms with Gasteiger partial charge in [-0.2, -0.15) is 0 Å². The van der Waals surface area contributed by atoms with Crippen molar-refractivity contribution >= 4 is 39.6 Å². The molecule has 130 valence electrons. The van der Waals surface area contributed by atoms with E-state index < -0.39 is 29.6 Å². The van der Waals surface area contributed by atoms with E-state index in [1.54, 1.807) is 12.1 Å². The summed E-state index contributed by atoms with van der Waals surface area (Å²) in [5.74, 6) is -3.12. The van der Waals surface area contributed by atoms with Crippen molar-refractivity contribution in [1.29, 1.82) is 0 Å². The minimum absolute atomic E-state index is 0.195. The molecule has 0 aromatic heterocycles. The summed E-state index contributed by atoms with van der Waals surface area (Å²) in [5, 5.41) is 2.24. The van der Waals surface area contributed by atoms with E-state index in [2.05, 4.69) is 21.2 Å². The minimum Gasteiger partial charge on any atom is -0.449 e. The fourth-order valence-electron chi connectivity index (χ4n) is 1.87. The summed E-state index contributed by atoms with van der Waals surface area (Å²) in [6.07, 6.45) is 1.57. The van der Waals surface area contributed by atoms with Crippen LogP contribution in [0.25, 0.3) is 6.08 Å². The molecule has 0 spiro atoms. The van der Waals surface area contributed by atoms with Crippen LogP contribution in [0.4, 0.5) is 14.5 Å². The Hall–Kier alpha value is -2.54. The average molecular weight is 410 g/mol. The Balaban J connectivity index is 1.92. The first-order valence-electron chi connectivity index (χ1n) is 7.25. The summed E-state index contributed by atoms with van der Waals surface area (Å²) < 4.78 is 32.1. The van der Waals surface area contributed by atoms with Crippen LogP contribution in [0, 0.1) is 11.6 Å². The Labute approximate surface area is 151 Å². The van der Waals surface area contributed by atoms with Gasteiger partial charge in [-0.05, 0) is 42.8 Å². The second-order valence-electron chi connectivity index (χ2n) is 5.08. The van der Waals surface area contributed by atoms with Crippen molar-refractivity contribution in [2.75, 3.05) is 5.32 Å². The highest BCUT2D eigenvalue weighted by atomic mass is 79.9. The first-order valence-corrected chi connectivity index (χ1v) is 8.04. The lowest BCUT2D eigenvalue weighted by atomic mass is 10.2. The molecule has 2 aromatic rings. The first-order chi connectivity index (χ1) is 11.8. The second-order valence-corrected chi connectivity index (χ2v) is 6.00. The highest BCUT2D eigenvalue weighted by Gasteiger charge is 2.18. The van der Waals surface area contributed by atoms with E-state index in [0.29, 0.717) is 6.07 Å². The molecule has 1 amide bonds. The standard InChI is InChI=1S/C18H14BrF2NO3/c1-11(18(24)22-16-7-6-14(20)10-15(16)21)25-17(23)8-5-12-3-2-4-13(19)9-12/h2-11H,1H3,(H,22,24)/b8-5+/t11-/m1/s1. The predicted octanol–water partition coefficient (Wildman–Crippen LogP) is 4.31. The molecule has 0 heterocycles. The summed E-state index contributed by atoms with van der Waals surface area (Å²) in [6.45, 7) is 1.35. The number of carbonyl (C=O) groups excluding carboxylic acids is 2. The molecule has 2 aromatic carbocycles. The van der Waals surface area contributed by atoms with E-state index in [0.717, 1.165) is 22.2 Å². The maximum atomic E-state index is 13.5.